The third kappa shape index (κ3) is 2.35. The van der Waals surface area contributed by atoms with Gasteiger partial charge in [-0.3, -0.25) is 0 Å². The van der Waals surface area contributed by atoms with Gasteiger partial charge in [-0.05, 0) is 23.8 Å². The second-order valence-corrected chi connectivity index (χ2v) is 5.11. The van der Waals surface area contributed by atoms with Gasteiger partial charge in [0.2, 0.25) is 0 Å². The third-order valence-electron chi connectivity index (χ3n) is 2.94. The van der Waals surface area contributed by atoms with E-state index < -0.39 is 6.10 Å². The monoisotopic (exact) mass is 292 g/mol. The molecule has 96 valence electrons. The van der Waals surface area contributed by atoms with Crippen LogP contribution in [-0.4, -0.2) is 5.11 Å². The second-order valence-electron chi connectivity index (χ2n) is 4.27. The molecule has 0 saturated carbocycles. The molecule has 0 fully saturated rings. The molecule has 0 radical (unpaired) electrons. The fourth-order valence-electron chi connectivity index (χ4n) is 2.03. The molecule has 1 unspecified atom stereocenters. The Labute approximate surface area is 120 Å². The van der Waals surface area contributed by atoms with Gasteiger partial charge in [0.1, 0.15) is 11.9 Å². The average Bonchev–Trinajstić information content (AvgIpc) is 2.83. The van der Waals surface area contributed by atoms with E-state index in [-0.39, 0.29) is 0 Å². The van der Waals surface area contributed by atoms with Gasteiger partial charge >= 0.3 is 0 Å². The van der Waals surface area contributed by atoms with E-state index in [9.17, 15) is 5.11 Å². The summed E-state index contributed by atoms with van der Waals surface area (Å²) in [6.07, 6.45) is -0.816. The largest absolute Gasteiger partial charge is 0.456 e. The number of halogens is 2. The molecule has 3 rings (SSSR count). The van der Waals surface area contributed by atoms with Crippen LogP contribution in [0.5, 0.6) is 0 Å². The van der Waals surface area contributed by atoms with Crippen LogP contribution in [0.25, 0.3) is 11.0 Å². The zero-order valence-electron chi connectivity index (χ0n) is 9.81. The molecule has 0 aliphatic heterocycles. The molecule has 0 aliphatic carbocycles. The first-order chi connectivity index (χ1) is 9.15. The first-order valence-electron chi connectivity index (χ1n) is 5.76. The molecule has 0 saturated heterocycles. The van der Waals surface area contributed by atoms with Crippen LogP contribution in [0, 0.1) is 0 Å². The summed E-state index contributed by atoms with van der Waals surface area (Å²) in [7, 11) is 0. The molecule has 2 aromatic carbocycles. The van der Waals surface area contributed by atoms with Crippen molar-refractivity contribution in [2.24, 2.45) is 0 Å². The second kappa shape index (κ2) is 4.89. The first-order valence-corrected chi connectivity index (χ1v) is 6.52. The van der Waals surface area contributed by atoms with Gasteiger partial charge in [-0.1, -0.05) is 53.5 Å². The smallest absolute Gasteiger partial charge is 0.153 e. The molecule has 2 nitrogen and oxygen atoms in total. The first kappa shape index (κ1) is 12.5. The number of benzene rings is 2. The lowest BCUT2D eigenvalue weighted by molar-refractivity contribution is 0.192. The predicted molar refractivity (Wildman–Crippen MR) is 76.7 cm³/mol. The van der Waals surface area contributed by atoms with Crippen molar-refractivity contribution in [2.45, 2.75) is 6.10 Å². The van der Waals surface area contributed by atoms with Gasteiger partial charge in [0, 0.05) is 10.4 Å². The van der Waals surface area contributed by atoms with Crippen molar-refractivity contribution in [1.29, 1.82) is 0 Å². The lowest BCUT2D eigenvalue weighted by atomic mass is 10.1. The Bertz CT molecular complexity index is 720. The Morgan fingerprint density at radius 3 is 2.47 bits per heavy atom. The molecule has 0 amide bonds. The maximum absolute atomic E-state index is 10.3. The molecule has 1 N–H and O–H groups in total. The van der Waals surface area contributed by atoms with Crippen molar-refractivity contribution in [3.63, 3.8) is 0 Å². The number of hydrogen-bond acceptors (Lipinski definition) is 2. The quantitative estimate of drug-likeness (QED) is 0.734. The van der Waals surface area contributed by atoms with Gasteiger partial charge in [0.05, 0.1) is 5.02 Å². The fourth-order valence-corrected chi connectivity index (χ4v) is 2.58. The maximum atomic E-state index is 10.3. The molecule has 19 heavy (non-hydrogen) atoms. The molecule has 0 aliphatic rings. The Morgan fingerprint density at radius 2 is 1.74 bits per heavy atom. The number of aliphatic hydroxyl groups excluding tert-OH is 1. The molecule has 0 bridgehead atoms. The fraction of sp³-hybridized carbons (Fsp3) is 0.0667. The van der Waals surface area contributed by atoms with Crippen LogP contribution >= 0.6 is 23.2 Å². The summed E-state index contributed by atoms with van der Waals surface area (Å²) in [5.41, 5.74) is 1.31. The standard InChI is InChI=1S/C15H10Cl2O2/c16-11-6-10-7-13(19-15(10)12(17)8-11)14(18)9-4-2-1-3-5-9/h1-8,14,18H. The number of aliphatic hydroxyl groups is 1. The third-order valence-corrected chi connectivity index (χ3v) is 3.44. The molecular formula is C15H10Cl2O2. The zero-order valence-corrected chi connectivity index (χ0v) is 11.3. The molecule has 1 atom stereocenters. The lowest BCUT2D eigenvalue weighted by Crippen LogP contribution is -1.96. The highest BCUT2D eigenvalue weighted by molar-refractivity contribution is 6.38. The van der Waals surface area contributed by atoms with Gasteiger partial charge in [-0.15, -0.1) is 0 Å². The number of fused-ring (bicyclic) bond motifs is 1. The van der Waals surface area contributed by atoms with E-state index in [4.69, 9.17) is 27.6 Å². The topological polar surface area (TPSA) is 33.4 Å². The average molecular weight is 293 g/mol. The minimum atomic E-state index is -0.816. The molecule has 3 aromatic rings. The van der Waals surface area contributed by atoms with Gasteiger partial charge in [-0.2, -0.15) is 0 Å². The number of furan rings is 1. The van der Waals surface area contributed by atoms with E-state index in [1.54, 1.807) is 18.2 Å². The normalized spacial score (nSPS) is 12.8. The minimum absolute atomic E-state index is 0.439. The summed E-state index contributed by atoms with van der Waals surface area (Å²) in [6, 6.07) is 14.4. The van der Waals surface area contributed by atoms with Crippen molar-refractivity contribution < 1.29 is 9.52 Å². The van der Waals surface area contributed by atoms with Crippen LogP contribution in [-0.2, 0) is 0 Å². The molecule has 1 aromatic heterocycles. The zero-order chi connectivity index (χ0) is 13.4. The van der Waals surface area contributed by atoms with Crippen LogP contribution in [0.3, 0.4) is 0 Å². The van der Waals surface area contributed by atoms with E-state index in [0.717, 1.165) is 10.9 Å². The predicted octanol–water partition coefficient (Wildman–Crippen LogP) is 4.82. The molecular weight excluding hydrogens is 283 g/mol. The minimum Gasteiger partial charge on any atom is -0.456 e. The highest BCUT2D eigenvalue weighted by Crippen LogP contribution is 2.34. The molecule has 4 heteroatoms. The highest BCUT2D eigenvalue weighted by atomic mass is 35.5. The van der Waals surface area contributed by atoms with Crippen LogP contribution < -0.4 is 0 Å². The van der Waals surface area contributed by atoms with Gasteiger partial charge in [0.25, 0.3) is 0 Å². The molecule has 1 heterocycles. The molecule has 0 spiro atoms. The van der Waals surface area contributed by atoms with Crippen LogP contribution in [0.15, 0.2) is 52.9 Å². The lowest BCUT2D eigenvalue weighted by Gasteiger charge is -2.06. The van der Waals surface area contributed by atoms with Crippen molar-refractivity contribution in [3.8, 4) is 0 Å². The van der Waals surface area contributed by atoms with Gasteiger partial charge in [0.15, 0.2) is 5.58 Å². The summed E-state index contributed by atoms with van der Waals surface area (Å²) in [6.45, 7) is 0. The van der Waals surface area contributed by atoms with Crippen molar-refractivity contribution in [2.75, 3.05) is 0 Å². The Kier molecular flexibility index (Phi) is 3.23. The van der Waals surface area contributed by atoms with E-state index in [1.165, 1.54) is 0 Å². The SMILES string of the molecule is OC(c1ccccc1)c1cc2cc(Cl)cc(Cl)c2o1. The highest BCUT2D eigenvalue weighted by Gasteiger charge is 2.16. The number of hydrogen-bond donors (Lipinski definition) is 1. The number of rotatable bonds is 2. The summed E-state index contributed by atoms with van der Waals surface area (Å²) >= 11 is 12.0. The van der Waals surface area contributed by atoms with Gasteiger partial charge < -0.3 is 9.52 Å². The van der Waals surface area contributed by atoms with E-state index in [1.807, 2.05) is 30.3 Å². The maximum Gasteiger partial charge on any atom is 0.153 e. The Hall–Kier alpha value is -1.48. The van der Waals surface area contributed by atoms with Crippen molar-refractivity contribution in [3.05, 3.63) is 69.9 Å². The van der Waals surface area contributed by atoms with Gasteiger partial charge in [-0.25, -0.2) is 0 Å². The van der Waals surface area contributed by atoms with E-state index in [0.29, 0.717) is 21.4 Å². The van der Waals surface area contributed by atoms with E-state index >= 15 is 0 Å². The van der Waals surface area contributed by atoms with Crippen molar-refractivity contribution >= 4 is 34.2 Å². The summed E-state index contributed by atoms with van der Waals surface area (Å²) in [5.74, 6) is 0.449. The van der Waals surface area contributed by atoms with Crippen LogP contribution in [0.1, 0.15) is 17.4 Å². The Morgan fingerprint density at radius 1 is 1.00 bits per heavy atom. The summed E-state index contributed by atoms with van der Waals surface area (Å²) in [4.78, 5) is 0. The summed E-state index contributed by atoms with van der Waals surface area (Å²) < 4.78 is 5.63. The van der Waals surface area contributed by atoms with E-state index in [2.05, 4.69) is 0 Å². The van der Waals surface area contributed by atoms with Crippen LogP contribution in [0.4, 0.5) is 0 Å². The Balaban J connectivity index is 2.09. The van der Waals surface area contributed by atoms with Crippen LogP contribution in [0.2, 0.25) is 10.0 Å². The van der Waals surface area contributed by atoms with Crippen molar-refractivity contribution in [1.82, 2.24) is 0 Å². The summed E-state index contributed by atoms with van der Waals surface area (Å²) in [5, 5.41) is 12.0.